The van der Waals surface area contributed by atoms with Gasteiger partial charge >= 0.3 is 0 Å². The lowest BCUT2D eigenvalue weighted by atomic mass is 9.76. The van der Waals surface area contributed by atoms with Gasteiger partial charge in [-0.15, -0.1) is 0 Å². The normalized spacial score (nSPS) is 34.8. The molecule has 2 aliphatic rings. The van der Waals surface area contributed by atoms with Crippen LogP contribution in [-0.4, -0.2) is 18.6 Å². The molecule has 2 aliphatic carbocycles. The molecule has 3 N–H and O–H groups in total. The van der Waals surface area contributed by atoms with Gasteiger partial charge in [0.1, 0.15) is 0 Å². The van der Waals surface area contributed by atoms with Crippen molar-refractivity contribution in [1.82, 2.24) is 5.32 Å². The molecule has 2 nitrogen and oxygen atoms in total. The SMILES string of the molecule is CC1(NCC2CCCCC2CN)CCC1. The lowest BCUT2D eigenvalue weighted by Gasteiger charge is -2.42. The first-order valence-electron chi connectivity index (χ1n) is 6.69. The van der Waals surface area contributed by atoms with Gasteiger partial charge in [0.05, 0.1) is 0 Å². The molecule has 2 rings (SSSR count). The zero-order chi connectivity index (χ0) is 10.7. The van der Waals surface area contributed by atoms with Crippen molar-refractivity contribution >= 4 is 0 Å². The highest BCUT2D eigenvalue weighted by Crippen LogP contribution is 2.33. The Bertz CT molecular complexity index is 199. The zero-order valence-electron chi connectivity index (χ0n) is 10.1. The second-order valence-corrected chi connectivity index (χ2v) is 5.84. The molecule has 0 spiro atoms. The Hall–Kier alpha value is -0.0800. The molecule has 0 radical (unpaired) electrons. The van der Waals surface area contributed by atoms with Crippen molar-refractivity contribution in [3.63, 3.8) is 0 Å². The Morgan fingerprint density at radius 1 is 1.13 bits per heavy atom. The Kier molecular flexibility index (Phi) is 3.68. The summed E-state index contributed by atoms with van der Waals surface area (Å²) >= 11 is 0. The molecule has 0 aromatic carbocycles. The molecule has 2 atom stereocenters. The largest absolute Gasteiger partial charge is 0.330 e. The van der Waals surface area contributed by atoms with Crippen LogP contribution in [0.1, 0.15) is 51.9 Å². The summed E-state index contributed by atoms with van der Waals surface area (Å²) in [4.78, 5) is 0. The minimum Gasteiger partial charge on any atom is -0.330 e. The van der Waals surface area contributed by atoms with Crippen LogP contribution in [0, 0.1) is 11.8 Å². The summed E-state index contributed by atoms with van der Waals surface area (Å²) in [5.41, 5.74) is 6.32. The van der Waals surface area contributed by atoms with Gasteiger partial charge in [-0.05, 0) is 64.0 Å². The van der Waals surface area contributed by atoms with Gasteiger partial charge in [0.25, 0.3) is 0 Å². The van der Waals surface area contributed by atoms with Crippen molar-refractivity contribution in [1.29, 1.82) is 0 Å². The molecule has 2 heteroatoms. The predicted molar refractivity (Wildman–Crippen MR) is 64.8 cm³/mol. The summed E-state index contributed by atoms with van der Waals surface area (Å²) in [6.45, 7) is 4.47. The standard InChI is InChI=1S/C13H26N2/c1-13(7-4-8-13)15-10-12-6-3-2-5-11(12)9-14/h11-12,15H,2-10,14H2,1H3. The molecular formula is C13H26N2. The summed E-state index contributed by atoms with van der Waals surface area (Å²) in [7, 11) is 0. The van der Waals surface area contributed by atoms with Crippen LogP contribution in [-0.2, 0) is 0 Å². The van der Waals surface area contributed by atoms with Crippen LogP contribution < -0.4 is 11.1 Å². The minimum atomic E-state index is 0.469. The molecule has 0 aliphatic heterocycles. The van der Waals surface area contributed by atoms with E-state index >= 15 is 0 Å². The van der Waals surface area contributed by atoms with Crippen LogP contribution in [0.15, 0.2) is 0 Å². The third kappa shape index (κ3) is 2.73. The van der Waals surface area contributed by atoms with E-state index in [2.05, 4.69) is 12.2 Å². The molecule has 0 heterocycles. The van der Waals surface area contributed by atoms with Crippen LogP contribution in [0.3, 0.4) is 0 Å². The quantitative estimate of drug-likeness (QED) is 0.747. The Morgan fingerprint density at radius 3 is 2.33 bits per heavy atom. The maximum Gasteiger partial charge on any atom is 0.0153 e. The summed E-state index contributed by atoms with van der Waals surface area (Å²) in [5.74, 6) is 1.64. The molecular weight excluding hydrogens is 184 g/mol. The monoisotopic (exact) mass is 210 g/mol. The van der Waals surface area contributed by atoms with Crippen molar-refractivity contribution in [2.75, 3.05) is 13.1 Å². The zero-order valence-corrected chi connectivity index (χ0v) is 10.1. The van der Waals surface area contributed by atoms with E-state index in [4.69, 9.17) is 5.73 Å². The van der Waals surface area contributed by atoms with Crippen LogP contribution in [0.25, 0.3) is 0 Å². The highest BCUT2D eigenvalue weighted by Gasteiger charge is 2.33. The van der Waals surface area contributed by atoms with E-state index in [0.29, 0.717) is 5.54 Å². The van der Waals surface area contributed by atoms with Gasteiger partial charge in [-0.25, -0.2) is 0 Å². The average Bonchev–Trinajstić information content (AvgIpc) is 2.24. The lowest BCUT2D eigenvalue weighted by Crippen LogP contribution is -2.51. The third-order valence-electron chi connectivity index (χ3n) is 4.62. The van der Waals surface area contributed by atoms with E-state index in [0.717, 1.165) is 18.4 Å². The first-order valence-corrected chi connectivity index (χ1v) is 6.69. The van der Waals surface area contributed by atoms with Crippen LogP contribution in [0.2, 0.25) is 0 Å². The Labute approximate surface area is 94.0 Å². The lowest BCUT2D eigenvalue weighted by molar-refractivity contribution is 0.164. The first kappa shape index (κ1) is 11.4. The molecule has 2 unspecified atom stereocenters. The summed E-state index contributed by atoms with van der Waals surface area (Å²) in [6, 6.07) is 0. The second kappa shape index (κ2) is 4.84. The van der Waals surface area contributed by atoms with E-state index in [-0.39, 0.29) is 0 Å². The predicted octanol–water partition coefficient (Wildman–Crippen LogP) is 2.28. The van der Waals surface area contributed by atoms with Gasteiger partial charge in [-0.3, -0.25) is 0 Å². The molecule has 0 aromatic rings. The van der Waals surface area contributed by atoms with Crippen molar-refractivity contribution < 1.29 is 0 Å². The van der Waals surface area contributed by atoms with E-state index in [1.54, 1.807) is 0 Å². The summed E-state index contributed by atoms with van der Waals surface area (Å²) < 4.78 is 0. The highest BCUT2D eigenvalue weighted by molar-refractivity contribution is 4.92. The molecule has 2 fully saturated rings. The summed E-state index contributed by atoms with van der Waals surface area (Å²) in [5, 5.41) is 3.77. The maximum atomic E-state index is 5.85. The fraction of sp³-hybridized carbons (Fsp3) is 1.00. The van der Waals surface area contributed by atoms with E-state index < -0.39 is 0 Å². The van der Waals surface area contributed by atoms with Crippen molar-refractivity contribution in [3.05, 3.63) is 0 Å². The number of hydrogen-bond acceptors (Lipinski definition) is 2. The second-order valence-electron chi connectivity index (χ2n) is 5.84. The highest BCUT2D eigenvalue weighted by atomic mass is 15.0. The smallest absolute Gasteiger partial charge is 0.0153 e. The fourth-order valence-corrected chi connectivity index (χ4v) is 3.12. The third-order valence-corrected chi connectivity index (χ3v) is 4.62. The number of nitrogens with two attached hydrogens (primary N) is 1. The van der Waals surface area contributed by atoms with Crippen molar-refractivity contribution in [2.24, 2.45) is 17.6 Å². The van der Waals surface area contributed by atoms with Gasteiger partial charge in [0.2, 0.25) is 0 Å². The molecule has 0 amide bonds. The van der Waals surface area contributed by atoms with Gasteiger partial charge in [-0.1, -0.05) is 12.8 Å². The van der Waals surface area contributed by atoms with Crippen LogP contribution in [0.5, 0.6) is 0 Å². The van der Waals surface area contributed by atoms with Gasteiger partial charge < -0.3 is 11.1 Å². The Morgan fingerprint density at radius 2 is 1.80 bits per heavy atom. The van der Waals surface area contributed by atoms with Crippen LogP contribution >= 0.6 is 0 Å². The number of nitrogens with one attached hydrogen (secondary N) is 1. The van der Waals surface area contributed by atoms with Gasteiger partial charge in [-0.2, -0.15) is 0 Å². The molecule has 0 saturated heterocycles. The fourth-order valence-electron chi connectivity index (χ4n) is 3.12. The van der Waals surface area contributed by atoms with E-state index in [9.17, 15) is 0 Å². The topological polar surface area (TPSA) is 38.0 Å². The van der Waals surface area contributed by atoms with Gasteiger partial charge in [0, 0.05) is 5.54 Å². The first-order chi connectivity index (χ1) is 7.23. The Balaban J connectivity index is 1.76. The molecule has 2 saturated carbocycles. The molecule has 88 valence electrons. The van der Waals surface area contributed by atoms with E-state index in [1.807, 2.05) is 0 Å². The number of hydrogen-bond donors (Lipinski definition) is 2. The van der Waals surface area contributed by atoms with Crippen LogP contribution in [0.4, 0.5) is 0 Å². The minimum absolute atomic E-state index is 0.469. The molecule has 0 aromatic heterocycles. The van der Waals surface area contributed by atoms with Crippen molar-refractivity contribution in [2.45, 2.75) is 57.4 Å². The average molecular weight is 210 g/mol. The van der Waals surface area contributed by atoms with E-state index in [1.165, 1.54) is 51.5 Å². The van der Waals surface area contributed by atoms with Gasteiger partial charge in [0.15, 0.2) is 0 Å². The number of rotatable bonds is 4. The van der Waals surface area contributed by atoms with Crippen molar-refractivity contribution in [3.8, 4) is 0 Å². The molecule has 0 bridgehead atoms. The summed E-state index contributed by atoms with van der Waals surface area (Å²) in [6.07, 6.45) is 9.72. The molecule has 15 heavy (non-hydrogen) atoms. The maximum absolute atomic E-state index is 5.85.